The van der Waals surface area contributed by atoms with Gasteiger partial charge in [-0.2, -0.15) is 5.10 Å². The smallest absolute Gasteiger partial charge is 0.191 e. The summed E-state index contributed by atoms with van der Waals surface area (Å²) >= 11 is 0. The maximum absolute atomic E-state index is 5.83. The first-order chi connectivity index (χ1) is 7.17. The monoisotopic (exact) mass is 209 g/mol. The first kappa shape index (κ1) is 11.6. The van der Waals surface area contributed by atoms with Gasteiger partial charge < -0.3 is 10.6 Å². The van der Waals surface area contributed by atoms with E-state index in [4.69, 9.17) is 5.73 Å². The van der Waals surface area contributed by atoms with E-state index in [-0.39, 0.29) is 0 Å². The Hall–Kier alpha value is -1.52. The SMILES string of the molecule is CCN(CC)C(N)=NCc1ccn(C)n1. The van der Waals surface area contributed by atoms with Crippen LogP contribution in [-0.2, 0) is 13.6 Å². The maximum atomic E-state index is 5.83. The highest BCUT2D eigenvalue weighted by molar-refractivity contribution is 5.77. The molecule has 0 aromatic carbocycles. The summed E-state index contributed by atoms with van der Waals surface area (Å²) in [6, 6.07) is 1.94. The minimum atomic E-state index is 0.545. The van der Waals surface area contributed by atoms with Crippen molar-refractivity contribution >= 4 is 5.96 Å². The van der Waals surface area contributed by atoms with E-state index in [0.29, 0.717) is 12.5 Å². The lowest BCUT2D eigenvalue weighted by atomic mass is 10.4. The molecule has 1 aromatic heterocycles. The van der Waals surface area contributed by atoms with Crippen LogP contribution in [0.3, 0.4) is 0 Å². The average Bonchev–Trinajstić information content (AvgIpc) is 2.63. The van der Waals surface area contributed by atoms with Gasteiger partial charge in [-0.1, -0.05) is 0 Å². The average molecular weight is 209 g/mol. The Bertz CT molecular complexity index is 324. The van der Waals surface area contributed by atoms with Gasteiger partial charge in [-0.25, -0.2) is 4.99 Å². The zero-order chi connectivity index (χ0) is 11.3. The molecule has 1 aromatic rings. The summed E-state index contributed by atoms with van der Waals surface area (Å²) < 4.78 is 1.76. The lowest BCUT2D eigenvalue weighted by molar-refractivity contribution is 0.458. The van der Waals surface area contributed by atoms with Gasteiger partial charge in [0.25, 0.3) is 0 Å². The number of nitrogens with two attached hydrogens (primary N) is 1. The van der Waals surface area contributed by atoms with E-state index < -0.39 is 0 Å². The molecule has 0 aliphatic rings. The fraction of sp³-hybridized carbons (Fsp3) is 0.600. The molecule has 0 aliphatic carbocycles. The molecule has 5 heteroatoms. The maximum Gasteiger partial charge on any atom is 0.191 e. The number of hydrogen-bond donors (Lipinski definition) is 1. The molecule has 0 amide bonds. The van der Waals surface area contributed by atoms with Crippen LogP contribution in [0.15, 0.2) is 17.3 Å². The highest BCUT2D eigenvalue weighted by atomic mass is 15.3. The van der Waals surface area contributed by atoms with Crippen LogP contribution in [0.25, 0.3) is 0 Å². The molecule has 15 heavy (non-hydrogen) atoms. The summed E-state index contributed by atoms with van der Waals surface area (Å²) in [5, 5.41) is 4.23. The minimum Gasteiger partial charge on any atom is -0.370 e. The Balaban J connectivity index is 2.56. The normalized spacial score (nSPS) is 11.8. The first-order valence-corrected chi connectivity index (χ1v) is 5.20. The predicted octanol–water partition coefficient (Wildman–Crippen LogP) is 0.577. The summed E-state index contributed by atoms with van der Waals surface area (Å²) in [5.41, 5.74) is 6.77. The van der Waals surface area contributed by atoms with Gasteiger partial charge in [0, 0.05) is 26.3 Å². The fourth-order valence-electron chi connectivity index (χ4n) is 1.36. The number of aliphatic imine (C=N–C) groups is 1. The molecule has 0 atom stereocenters. The van der Waals surface area contributed by atoms with Crippen molar-refractivity contribution in [2.45, 2.75) is 20.4 Å². The third-order valence-electron chi connectivity index (χ3n) is 2.26. The van der Waals surface area contributed by atoms with Gasteiger partial charge in [0.15, 0.2) is 5.96 Å². The van der Waals surface area contributed by atoms with E-state index in [1.807, 2.05) is 24.2 Å². The van der Waals surface area contributed by atoms with Gasteiger partial charge in [-0.05, 0) is 19.9 Å². The highest BCUT2D eigenvalue weighted by Gasteiger charge is 2.02. The Labute approximate surface area is 90.6 Å². The van der Waals surface area contributed by atoms with E-state index in [9.17, 15) is 0 Å². The van der Waals surface area contributed by atoms with Crippen molar-refractivity contribution < 1.29 is 0 Å². The zero-order valence-electron chi connectivity index (χ0n) is 9.64. The molecule has 0 radical (unpaired) electrons. The lowest BCUT2D eigenvalue weighted by Gasteiger charge is -2.18. The summed E-state index contributed by atoms with van der Waals surface area (Å²) in [6.45, 7) is 6.44. The number of nitrogens with zero attached hydrogens (tertiary/aromatic N) is 4. The Morgan fingerprint density at radius 1 is 1.53 bits per heavy atom. The van der Waals surface area contributed by atoms with E-state index in [2.05, 4.69) is 23.9 Å². The topological polar surface area (TPSA) is 59.4 Å². The Morgan fingerprint density at radius 2 is 2.20 bits per heavy atom. The van der Waals surface area contributed by atoms with Gasteiger partial charge in [-0.15, -0.1) is 0 Å². The van der Waals surface area contributed by atoms with Crippen molar-refractivity contribution in [1.82, 2.24) is 14.7 Å². The molecule has 0 bridgehead atoms. The largest absolute Gasteiger partial charge is 0.370 e. The van der Waals surface area contributed by atoms with Crippen LogP contribution in [0, 0.1) is 0 Å². The van der Waals surface area contributed by atoms with E-state index >= 15 is 0 Å². The quantitative estimate of drug-likeness (QED) is 0.583. The number of aromatic nitrogens is 2. The lowest BCUT2D eigenvalue weighted by Crippen LogP contribution is -2.37. The molecule has 0 aliphatic heterocycles. The van der Waals surface area contributed by atoms with Gasteiger partial charge in [0.05, 0.1) is 12.2 Å². The van der Waals surface area contributed by atoms with Crippen LogP contribution in [0.5, 0.6) is 0 Å². The summed E-state index contributed by atoms with van der Waals surface area (Å²) in [5.74, 6) is 0.589. The van der Waals surface area contributed by atoms with Crippen LogP contribution in [0.1, 0.15) is 19.5 Å². The molecule has 0 saturated heterocycles. The third kappa shape index (κ3) is 3.27. The van der Waals surface area contributed by atoms with Crippen molar-refractivity contribution in [3.05, 3.63) is 18.0 Å². The molecule has 0 spiro atoms. The van der Waals surface area contributed by atoms with Crippen LogP contribution in [0.4, 0.5) is 0 Å². The second kappa shape index (κ2) is 5.38. The molecule has 0 saturated carbocycles. The second-order valence-corrected chi connectivity index (χ2v) is 3.33. The van der Waals surface area contributed by atoms with E-state index in [1.165, 1.54) is 0 Å². The Morgan fingerprint density at radius 3 is 2.67 bits per heavy atom. The van der Waals surface area contributed by atoms with Gasteiger partial charge >= 0.3 is 0 Å². The molecular weight excluding hydrogens is 190 g/mol. The van der Waals surface area contributed by atoms with Gasteiger partial charge in [0.2, 0.25) is 0 Å². The van der Waals surface area contributed by atoms with Gasteiger partial charge in [0.1, 0.15) is 0 Å². The number of rotatable bonds is 4. The molecule has 0 unspecified atom stereocenters. The van der Waals surface area contributed by atoms with Crippen LogP contribution >= 0.6 is 0 Å². The summed E-state index contributed by atoms with van der Waals surface area (Å²) in [4.78, 5) is 6.31. The number of guanidine groups is 1. The molecular formula is C10H19N5. The summed E-state index contributed by atoms with van der Waals surface area (Å²) in [7, 11) is 1.89. The van der Waals surface area contributed by atoms with Crippen molar-refractivity contribution in [3.8, 4) is 0 Å². The fourth-order valence-corrected chi connectivity index (χ4v) is 1.36. The summed E-state index contributed by atoms with van der Waals surface area (Å²) in [6.07, 6.45) is 1.90. The van der Waals surface area contributed by atoms with Crippen molar-refractivity contribution in [3.63, 3.8) is 0 Å². The van der Waals surface area contributed by atoms with E-state index in [0.717, 1.165) is 18.8 Å². The molecule has 84 valence electrons. The highest BCUT2D eigenvalue weighted by Crippen LogP contribution is 1.97. The standard InChI is InChI=1S/C10H19N5/c1-4-15(5-2)10(11)12-8-9-6-7-14(3)13-9/h6-7H,4-5,8H2,1-3H3,(H2,11,12). The zero-order valence-corrected chi connectivity index (χ0v) is 9.64. The molecule has 1 heterocycles. The van der Waals surface area contributed by atoms with Crippen molar-refractivity contribution in [2.24, 2.45) is 17.8 Å². The van der Waals surface area contributed by atoms with Crippen LogP contribution < -0.4 is 5.73 Å². The number of aryl methyl sites for hydroxylation is 1. The molecule has 0 fully saturated rings. The second-order valence-electron chi connectivity index (χ2n) is 3.33. The molecule has 2 N–H and O–H groups in total. The van der Waals surface area contributed by atoms with Crippen LogP contribution in [-0.4, -0.2) is 33.7 Å². The minimum absolute atomic E-state index is 0.545. The first-order valence-electron chi connectivity index (χ1n) is 5.20. The predicted molar refractivity (Wildman–Crippen MR) is 61.5 cm³/mol. The van der Waals surface area contributed by atoms with Crippen molar-refractivity contribution in [1.29, 1.82) is 0 Å². The Kier molecular flexibility index (Phi) is 4.15. The van der Waals surface area contributed by atoms with E-state index in [1.54, 1.807) is 4.68 Å². The van der Waals surface area contributed by atoms with Crippen molar-refractivity contribution in [2.75, 3.05) is 13.1 Å². The van der Waals surface area contributed by atoms with Crippen LogP contribution in [0.2, 0.25) is 0 Å². The van der Waals surface area contributed by atoms with Gasteiger partial charge in [-0.3, -0.25) is 4.68 Å². The molecule has 1 rings (SSSR count). The third-order valence-corrected chi connectivity index (χ3v) is 2.26. The number of hydrogen-bond acceptors (Lipinski definition) is 2. The molecule has 5 nitrogen and oxygen atoms in total.